The van der Waals surface area contributed by atoms with Crippen LogP contribution in [0.1, 0.15) is 11.1 Å². The summed E-state index contributed by atoms with van der Waals surface area (Å²) in [6.45, 7) is 0. The van der Waals surface area contributed by atoms with E-state index in [9.17, 15) is 74.3 Å². The lowest BCUT2D eigenvalue weighted by molar-refractivity contribution is -0.382. The van der Waals surface area contributed by atoms with Crippen molar-refractivity contribution in [3.05, 3.63) is 90.0 Å². The van der Waals surface area contributed by atoms with Gasteiger partial charge in [-0.25, -0.2) is 3.63 Å². The van der Waals surface area contributed by atoms with Crippen LogP contribution in [-0.2, 0) is 26.1 Å². The van der Waals surface area contributed by atoms with Crippen LogP contribution >= 0.6 is 10.3 Å². The average molecular weight is 698 g/mol. The zero-order valence-electron chi connectivity index (χ0n) is 20.7. The van der Waals surface area contributed by atoms with Gasteiger partial charge in [-0.2, -0.15) is 74.3 Å². The van der Waals surface area contributed by atoms with Crippen LogP contribution in [0.25, 0.3) is 0 Å². The van der Waals surface area contributed by atoms with E-state index in [2.05, 4.69) is 3.63 Å². The standard InChI is InChI=1S/C24H13F15O3S2/c25-19(26,27)14-6-10-17(11-7-14)43(16-4-2-1-3-5-16,18-12-8-15(9-13-18)20(28,29)30)42-44(40,41)24(38,39)22(33,34)21(31,32)23(35,36)37/h1-13H. The van der Waals surface area contributed by atoms with Gasteiger partial charge in [0.1, 0.15) is 0 Å². The van der Waals surface area contributed by atoms with Crippen molar-refractivity contribution in [2.75, 3.05) is 0 Å². The summed E-state index contributed by atoms with van der Waals surface area (Å²) in [4.78, 5) is -2.53. The lowest BCUT2D eigenvalue weighted by Gasteiger charge is -2.41. The van der Waals surface area contributed by atoms with E-state index in [1.807, 2.05) is 0 Å². The molecule has 0 aliphatic rings. The van der Waals surface area contributed by atoms with Gasteiger partial charge in [0.25, 0.3) is 0 Å². The van der Waals surface area contributed by atoms with E-state index in [0.717, 1.165) is 24.3 Å². The van der Waals surface area contributed by atoms with Crippen LogP contribution in [0.2, 0.25) is 0 Å². The molecule has 0 fully saturated rings. The second kappa shape index (κ2) is 11.0. The van der Waals surface area contributed by atoms with Crippen molar-refractivity contribution in [1.29, 1.82) is 0 Å². The molecule has 3 nitrogen and oxygen atoms in total. The predicted molar refractivity (Wildman–Crippen MR) is 123 cm³/mol. The van der Waals surface area contributed by atoms with Gasteiger partial charge in [-0.3, -0.25) is 0 Å². The molecule has 0 amide bonds. The molecule has 3 aromatic carbocycles. The highest BCUT2D eigenvalue weighted by atomic mass is 32.3. The third-order valence-electron chi connectivity index (χ3n) is 5.72. The zero-order chi connectivity index (χ0) is 33.8. The SMILES string of the molecule is O=S(=O)(OS(c1ccccc1)(c1ccc(C(F)(F)F)cc1)c1ccc(C(F)(F)F)cc1)C(F)(F)C(F)(F)C(F)(F)C(F)(F)F. The van der Waals surface area contributed by atoms with Gasteiger partial charge in [0, 0.05) is 14.7 Å². The third kappa shape index (κ3) is 5.94. The second-order valence-electron chi connectivity index (χ2n) is 8.60. The number of rotatable bonds is 8. The molecule has 0 bridgehead atoms. The van der Waals surface area contributed by atoms with Crippen LogP contribution < -0.4 is 0 Å². The Labute approximate surface area is 238 Å². The molecular formula is C24H13F15O3S2. The van der Waals surface area contributed by atoms with Crippen LogP contribution in [0.3, 0.4) is 0 Å². The number of hydrogen-bond acceptors (Lipinski definition) is 3. The highest BCUT2D eigenvalue weighted by Gasteiger charge is 2.86. The molecule has 0 atom stereocenters. The minimum atomic E-state index is -7.75. The molecule has 244 valence electrons. The average Bonchev–Trinajstić information content (AvgIpc) is 2.90. The van der Waals surface area contributed by atoms with Crippen LogP contribution in [0.5, 0.6) is 0 Å². The number of hydrogen-bond donors (Lipinski definition) is 0. The first-order valence-electron chi connectivity index (χ1n) is 11.1. The highest BCUT2D eigenvalue weighted by molar-refractivity contribution is 8.33. The summed E-state index contributed by atoms with van der Waals surface area (Å²) in [7, 11) is -12.5. The number of halogens is 15. The molecule has 0 N–H and O–H groups in total. The Morgan fingerprint density at radius 2 is 0.795 bits per heavy atom. The fourth-order valence-electron chi connectivity index (χ4n) is 3.50. The van der Waals surface area contributed by atoms with E-state index < -0.39 is 81.9 Å². The van der Waals surface area contributed by atoms with Crippen molar-refractivity contribution in [3.63, 3.8) is 0 Å². The summed E-state index contributed by atoms with van der Waals surface area (Å²) in [5, 5.41) is -7.40. The summed E-state index contributed by atoms with van der Waals surface area (Å²) >= 11 is 0. The molecule has 0 saturated carbocycles. The monoisotopic (exact) mass is 698 g/mol. The molecule has 3 aromatic rings. The summed E-state index contributed by atoms with van der Waals surface area (Å²) in [6.07, 6.45) is -17.6. The Balaban J connectivity index is 2.42. The van der Waals surface area contributed by atoms with E-state index >= 15 is 0 Å². The third-order valence-corrected chi connectivity index (χ3v) is 10.9. The maximum atomic E-state index is 14.8. The van der Waals surface area contributed by atoms with E-state index in [1.165, 1.54) is 6.07 Å². The Kier molecular flexibility index (Phi) is 8.87. The molecule has 3 rings (SSSR count). The van der Waals surface area contributed by atoms with Crippen molar-refractivity contribution in [2.45, 2.75) is 50.3 Å². The number of alkyl halides is 15. The molecule has 0 aliphatic carbocycles. The van der Waals surface area contributed by atoms with E-state index in [4.69, 9.17) is 0 Å². The molecular weight excluding hydrogens is 685 g/mol. The molecule has 0 heterocycles. The van der Waals surface area contributed by atoms with Crippen LogP contribution in [0, 0.1) is 0 Å². The second-order valence-corrected chi connectivity index (χ2v) is 13.1. The maximum Gasteiger partial charge on any atom is 0.460 e. The van der Waals surface area contributed by atoms with Gasteiger partial charge in [-0.1, -0.05) is 18.2 Å². The Morgan fingerprint density at radius 1 is 0.455 bits per heavy atom. The quantitative estimate of drug-likeness (QED) is 0.220. The Bertz CT molecular complexity index is 1510. The Hall–Kier alpha value is -3.13. The molecule has 0 aliphatic heterocycles. The molecule has 0 saturated heterocycles. The van der Waals surface area contributed by atoms with E-state index in [1.54, 1.807) is 0 Å². The Morgan fingerprint density at radius 3 is 1.11 bits per heavy atom. The predicted octanol–water partition coefficient (Wildman–Crippen LogP) is 9.69. The largest absolute Gasteiger partial charge is 0.460 e. The fraction of sp³-hybridized carbons (Fsp3) is 0.250. The first kappa shape index (κ1) is 35.4. The van der Waals surface area contributed by atoms with Crippen molar-refractivity contribution in [1.82, 2.24) is 0 Å². The van der Waals surface area contributed by atoms with Crippen LogP contribution in [-0.4, -0.2) is 31.7 Å². The molecule has 0 aromatic heterocycles. The van der Waals surface area contributed by atoms with Gasteiger partial charge in [0.2, 0.25) is 0 Å². The minimum Gasteiger partial charge on any atom is -0.202 e. The molecule has 44 heavy (non-hydrogen) atoms. The van der Waals surface area contributed by atoms with Crippen LogP contribution in [0.4, 0.5) is 65.9 Å². The van der Waals surface area contributed by atoms with Gasteiger partial charge in [-0.15, -0.1) is 0 Å². The van der Waals surface area contributed by atoms with E-state index in [0.29, 0.717) is 24.3 Å². The molecule has 0 spiro atoms. The van der Waals surface area contributed by atoms with Gasteiger partial charge < -0.3 is 0 Å². The topological polar surface area (TPSA) is 43.4 Å². The maximum absolute atomic E-state index is 14.8. The lowest BCUT2D eigenvalue weighted by Crippen LogP contribution is -2.63. The molecule has 0 radical (unpaired) electrons. The highest BCUT2D eigenvalue weighted by Crippen LogP contribution is 2.71. The smallest absolute Gasteiger partial charge is 0.202 e. The zero-order valence-corrected chi connectivity index (χ0v) is 22.3. The summed E-state index contributed by atoms with van der Waals surface area (Å²) < 4.78 is 232. The summed E-state index contributed by atoms with van der Waals surface area (Å²) in [5.74, 6) is -15.4. The normalized spacial score (nSPS) is 14.9. The van der Waals surface area contributed by atoms with Crippen molar-refractivity contribution in [3.8, 4) is 0 Å². The summed E-state index contributed by atoms with van der Waals surface area (Å²) in [6, 6.07) is 7.15. The summed E-state index contributed by atoms with van der Waals surface area (Å²) in [5.41, 5.74) is -2.92. The molecule has 20 heteroatoms. The lowest BCUT2D eigenvalue weighted by atomic mass is 10.1. The van der Waals surface area contributed by atoms with Crippen LogP contribution in [0.15, 0.2) is 93.5 Å². The van der Waals surface area contributed by atoms with Crippen molar-refractivity contribution < 1.29 is 77.9 Å². The van der Waals surface area contributed by atoms with Gasteiger partial charge >= 0.3 is 45.7 Å². The fourth-order valence-corrected chi connectivity index (χ4v) is 8.70. The molecule has 0 unspecified atom stereocenters. The van der Waals surface area contributed by atoms with Gasteiger partial charge in [-0.05, 0) is 71.0 Å². The van der Waals surface area contributed by atoms with Crippen molar-refractivity contribution >= 4 is 20.4 Å². The van der Waals surface area contributed by atoms with Crippen molar-refractivity contribution in [2.24, 2.45) is 0 Å². The first-order chi connectivity index (χ1) is 19.7. The van der Waals surface area contributed by atoms with E-state index in [-0.39, 0.29) is 24.3 Å². The van der Waals surface area contributed by atoms with Gasteiger partial charge in [0.15, 0.2) is 0 Å². The van der Waals surface area contributed by atoms with Gasteiger partial charge in [0.05, 0.1) is 11.1 Å². The number of benzene rings is 3. The minimum absolute atomic E-state index is 0.213. The first-order valence-corrected chi connectivity index (χ1v) is 14.1.